The molecular weight excluding hydrogens is 478 g/mol. The summed E-state index contributed by atoms with van der Waals surface area (Å²) >= 11 is 0. The van der Waals surface area contributed by atoms with Gasteiger partial charge in [0.25, 0.3) is 0 Å². The lowest BCUT2D eigenvalue weighted by Gasteiger charge is -2.27. The van der Waals surface area contributed by atoms with E-state index in [9.17, 15) is 4.79 Å². The van der Waals surface area contributed by atoms with Gasteiger partial charge < -0.3 is 15.1 Å². The van der Waals surface area contributed by atoms with Crippen molar-refractivity contribution in [2.75, 3.05) is 51.3 Å². The van der Waals surface area contributed by atoms with Gasteiger partial charge in [0.05, 0.1) is 24.2 Å². The maximum absolute atomic E-state index is 12.6. The van der Waals surface area contributed by atoms with Crippen molar-refractivity contribution in [1.82, 2.24) is 30.6 Å². The molecule has 1 unspecified atom stereocenters. The number of hydrazine groups is 1. The molecule has 1 aromatic carbocycles. The third-order valence-electron chi connectivity index (χ3n) is 7.00. The average molecular weight is 516 g/mol. The van der Waals surface area contributed by atoms with Crippen LogP contribution < -0.4 is 16.1 Å². The molecule has 0 spiro atoms. The van der Waals surface area contributed by atoms with E-state index in [4.69, 9.17) is 4.74 Å². The van der Waals surface area contributed by atoms with E-state index < -0.39 is 0 Å². The quantitative estimate of drug-likeness (QED) is 0.379. The summed E-state index contributed by atoms with van der Waals surface area (Å²) in [4.78, 5) is 24.3. The number of hydrogen-bond acceptors (Lipinski definition) is 7. The zero-order valence-electron chi connectivity index (χ0n) is 22.0. The maximum Gasteiger partial charge on any atom is 0.320 e. The third kappa shape index (κ3) is 7.28. The summed E-state index contributed by atoms with van der Waals surface area (Å²) in [5.74, 6) is 0.507. The van der Waals surface area contributed by atoms with Gasteiger partial charge in [0.15, 0.2) is 0 Å². The minimum atomic E-state index is -0.253. The van der Waals surface area contributed by atoms with Gasteiger partial charge >= 0.3 is 6.03 Å². The Morgan fingerprint density at radius 2 is 1.95 bits per heavy atom. The van der Waals surface area contributed by atoms with Gasteiger partial charge in [-0.1, -0.05) is 30.3 Å². The summed E-state index contributed by atoms with van der Waals surface area (Å²) in [6.45, 7) is 8.53. The fourth-order valence-electron chi connectivity index (χ4n) is 4.80. The lowest BCUT2D eigenvalue weighted by atomic mass is 10.1. The zero-order valence-corrected chi connectivity index (χ0v) is 22.0. The third-order valence-corrected chi connectivity index (χ3v) is 7.00. The van der Waals surface area contributed by atoms with Crippen LogP contribution in [0.3, 0.4) is 0 Å². The van der Waals surface area contributed by atoms with E-state index in [1.54, 1.807) is 6.07 Å². The minimum Gasteiger partial charge on any atom is -0.379 e. The van der Waals surface area contributed by atoms with Crippen LogP contribution in [0.4, 0.5) is 10.6 Å². The number of morpholine rings is 1. The summed E-state index contributed by atoms with van der Waals surface area (Å²) in [7, 11) is 0. The van der Waals surface area contributed by atoms with Crippen molar-refractivity contribution in [2.24, 2.45) is 0 Å². The molecule has 1 atom stereocenters. The molecule has 1 fully saturated rings. The lowest BCUT2D eigenvalue weighted by molar-refractivity contribution is 0.0363. The largest absolute Gasteiger partial charge is 0.379 e. The number of urea groups is 1. The molecule has 2 aliphatic rings. The number of pyridine rings is 2. The van der Waals surface area contributed by atoms with Crippen LogP contribution >= 0.6 is 0 Å². The maximum atomic E-state index is 12.6. The number of amides is 2. The molecule has 0 aliphatic carbocycles. The second-order valence-corrected chi connectivity index (χ2v) is 9.97. The van der Waals surface area contributed by atoms with Gasteiger partial charge in [-0.25, -0.2) is 15.2 Å². The number of nitrogens with one attached hydrogen (secondary N) is 3. The first-order valence-corrected chi connectivity index (χ1v) is 13.5. The molecule has 3 aromatic rings. The molecule has 2 aromatic heterocycles. The highest BCUT2D eigenvalue weighted by molar-refractivity contribution is 5.90. The molecule has 0 bridgehead atoms. The minimum absolute atomic E-state index is 0.0440. The van der Waals surface area contributed by atoms with Crippen LogP contribution in [-0.4, -0.2) is 77.9 Å². The molecule has 5 rings (SSSR count). The molecule has 200 valence electrons. The number of anilines is 1. The van der Waals surface area contributed by atoms with Crippen LogP contribution in [0.15, 0.2) is 60.9 Å². The fraction of sp³-hybridized carbons (Fsp3) is 0.414. The first-order chi connectivity index (χ1) is 18.6. The van der Waals surface area contributed by atoms with Crippen molar-refractivity contribution < 1.29 is 9.53 Å². The monoisotopic (exact) mass is 515 g/mol. The molecule has 3 N–H and O–H groups in total. The van der Waals surface area contributed by atoms with E-state index in [1.807, 2.05) is 43.5 Å². The zero-order chi connectivity index (χ0) is 26.2. The Morgan fingerprint density at radius 1 is 1.11 bits per heavy atom. The standard InChI is InChI=1S/C29H37N7O2/c1-22(8-9-23-6-3-2-4-7-23)32-29(37)34-28-11-10-26-27(33-28)18-24(19-30-26)25-20-31-36(21-25)13-5-12-35-14-16-38-17-15-35/h2-4,6-7,10-11,18-19,21-22,31H,5,8-9,12-17,20H2,1H3,(H2,32,33,34,37). The Hall–Kier alpha value is -3.53. The van der Waals surface area contributed by atoms with E-state index >= 15 is 0 Å². The Bertz CT molecular complexity index is 1240. The van der Waals surface area contributed by atoms with Gasteiger partial charge in [-0.3, -0.25) is 15.2 Å². The van der Waals surface area contributed by atoms with Crippen LogP contribution in [0.5, 0.6) is 0 Å². The van der Waals surface area contributed by atoms with Crippen LogP contribution in [0.2, 0.25) is 0 Å². The van der Waals surface area contributed by atoms with Crippen molar-refractivity contribution in [1.29, 1.82) is 0 Å². The summed E-state index contributed by atoms with van der Waals surface area (Å²) in [6, 6.07) is 15.8. The molecule has 2 amide bonds. The van der Waals surface area contributed by atoms with E-state index in [-0.39, 0.29) is 12.1 Å². The number of nitrogens with zero attached hydrogens (tertiary/aromatic N) is 4. The number of aromatic nitrogens is 2. The van der Waals surface area contributed by atoms with E-state index in [0.717, 1.165) is 81.8 Å². The Labute approximate surface area is 224 Å². The summed E-state index contributed by atoms with van der Waals surface area (Å²) < 4.78 is 5.43. The Kier molecular flexibility index (Phi) is 8.80. The second-order valence-electron chi connectivity index (χ2n) is 9.97. The Balaban J connectivity index is 1.14. The predicted octanol–water partition coefficient (Wildman–Crippen LogP) is 3.66. The fourth-order valence-corrected chi connectivity index (χ4v) is 4.80. The highest BCUT2D eigenvalue weighted by Gasteiger charge is 2.16. The smallest absolute Gasteiger partial charge is 0.320 e. The first-order valence-electron chi connectivity index (χ1n) is 13.5. The number of ether oxygens (including phenoxy) is 1. The van der Waals surface area contributed by atoms with Crippen LogP contribution in [0.25, 0.3) is 16.6 Å². The number of aryl methyl sites for hydroxylation is 1. The molecule has 9 nitrogen and oxygen atoms in total. The molecule has 4 heterocycles. The van der Waals surface area contributed by atoms with Gasteiger partial charge in [0, 0.05) is 56.7 Å². The molecule has 38 heavy (non-hydrogen) atoms. The molecule has 0 saturated carbocycles. The van der Waals surface area contributed by atoms with E-state index in [0.29, 0.717) is 5.82 Å². The number of benzene rings is 1. The van der Waals surface area contributed by atoms with Gasteiger partial charge in [-0.15, -0.1) is 0 Å². The number of carbonyl (C=O) groups excluding carboxylic acids is 1. The van der Waals surface area contributed by atoms with Crippen LogP contribution in [0, 0.1) is 0 Å². The lowest BCUT2D eigenvalue weighted by Crippen LogP contribution is -2.38. The van der Waals surface area contributed by atoms with Crippen LogP contribution in [0.1, 0.15) is 30.9 Å². The first kappa shape index (κ1) is 26.1. The van der Waals surface area contributed by atoms with Gasteiger partial charge in [0.2, 0.25) is 0 Å². The van der Waals surface area contributed by atoms with Crippen molar-refractivity contribution in [3.8, 4) is 0 Å². The number of carbonyl (C=O) groups is 1. The summed E-state index contributed by atoms with van der Waals surface area (Å²) in [6.07, 6.45) is 6.93. The van der Waals surface area contributed by atoms with Gasteiger partial charge in [-0.2, -0.15) is 0 Å². The van der Waals surface area contributed by atoms with Crippen molar-refractivity contribution >= 4 is 28.5 Å². The van der Waals surface area contributed by atoms with Crippen LogP contribution in [-0.2, 0) is 11.2 Å². The number of rotatable bonds is 10. The predicted molar refractivity (Wildman–Crippen MR) is 150 cm³/mol. The Morgan fingerprint density at radius 3 is 2.79 bits per heavy atom. The highest BCUT2D eigenvalue weighted by atomic mass is 16.5. The van der Waals surface area contributed by atoms with Crippen molar-refractivity contribution in [2.45, 2.75) is 32.2 Å². The van der Waals surface area contributed by atoms with E-state index in [1.165, 1.54) is 11.1 Å². The highest BCUT2D eigenvalue weighted by Crippen LogP contribution is 2.22. The van der Waals surface area contributed by atoms with Gasteiger partial charge in [0.1, 0.15) is 5.82 Å². The molecular formula is C29H37N7O2. The molecule has 1 saturated heterocycles. The normalized spacial score (nSPS) is 16.9. The number of fused-ring (bicyclic) bond motifs is 1. The van der Waals surface area contributed by atoms with Crippen molar-refractivity contribution in [3.63, 3.8) is 0 Å². The topological polar surface area (TPSA) is 94.7 Å². The number of hydrogen-bond donors (Lipinski definition) is 3. The summed E-state index contributed by atoms with van der Waals surface area (Å²) in [5.41, 5.74) is 8.48. The van der Waals surface area contributed by atoms with E-state index in [2.05, 4.69) is 54.3 Å². The molecule has 2 aliphatic heterocycles. The van der Waals surface area contributed by atoms with Crippen molar-refractivity contribution in [3.05, 3.63) is 72.1 Å². The second kappa shape index (κ2) is 12.8. The summed E-state index contributed by atoms with van der Waals surface area (Å²) in [5, 5.41) is 8.04. The molecule has 9 heteroatoms. The molecule has 0 radical (unpaired) electrons. The SMILES string of the molecule is CC(CCc1ccccc1)NC(=O)Nc1ccc2ncc(C3=CN(CCCN4CCOCC4)NC3)cc2n1. The van der Waals surface area contributed by atoms with Gasteiger partial charge in [-0.05, 0) is 55.5 Å². The average Bonchev–Trinajstić information content (AvgIpc) is 3.41.